The number of carbonyl (C=O) groups is 1. The third-order valence-corrected chi connectivity index (χ3v) is 3.86. The predicted molar refractivity (Wildman–Crippen MR) is 75.4 cm³/mol. The smallest absolute Gasteiger partial charge is 0.225 e. The van der Waals surface area contributed by atoms with Crippen LogP contribution in [0, 0.1) is 5.41 Å². The molecule has 0 aliphatic heterocycles. The summed E-state index contributed by atoms with van der Waals surface area (Å²) in [4.78, 5) is 11.7. The monoisotopic (exact) mass is 294 g/mol. The lowest BCUT2D eigenvalue weighted by Crippen LogP contribution is -2.42. The fraction of sp³-hybridized carbons (Fsp3) is 0.917. The molecule has 0 aliphatic rings. The van der Waals surface area contributed by atoms with Crippen molar-refractivity contribution in [1.82, 2.24) is 9.62 Å². The highest BCUT2D eigenvalue weighted by molar-refractivity contribution is 7.88. The van der Waals surface area contributed by atoms with Gasteiger partial charge in [0.2, 0.25) is 15.9 Å². The minimum absolute atomic E-state index is 0.0853. The van der Waals surface area contributed by atoms with Crippen LogP contribution in [-0.2, 0) is 19.6 Å². The molecule has 0 fully saturated rings. The van der Waals surface area contributed by atoms with E-state index in [9.17, 15) is 13.2 Å². The summed E-state index contributed by atoms with van der Waals surface area (Å²) in [5.74, 6) is -0.0853. The highest BCUT2D eigenvalue weighted by atomic mass is 32.2. The maximum absolute atomic E-state index is 11.7. The molecule has 6 nitrogen and oxygen atoms in total. The molecular formula is C12H26N2O4S. The summed E-state index contributed by atoms with van der Waals surface area (Å²) in [6.07, 6.45) is 1.81. The normalized spacial score (nSPS) is 12.7. The number of nitrogens with zero attached hydrogens (tertiary/aromatic N) is 1. The summed E-state index contributed by atoms with van der Waals surface area (Å²) in [6.45, 7) is 6.96. The van der Waals surface area contributed by atoms with Gasteiger partial charge >= 0.3 is 0 Å². The van der Waals surface area contributed by atoms with Crippen molar-refractivity contribution in [3.05, 3.63) is 0 Å². The Hall–Kier alpha value is -0.660. The maximum Gasteiger partial charge on any atom is 0.225 e. The van der Waals surface area contributed by atoms with E-state index in [0.29, 0.717) is 26.1 Å². The molecule has 1 N–H and O–H groups in total. The Morgan fingerprint density at radius 2 is 1.84 bits per heavy atom. The lowest BCUT2D eigenvalue weighted by atomic mass is 9.96. The summed E-state index contributed by atoms with van der Waals surface area (Å²) < 4.78 is 29.4. The molecule has 1 amide bonds. The highest BCUT2D eigenvalue weighted by Gasteiger charge is 2.21. The Balaban J connectivity index is 4.25. The van der Waals surface area contributed by atoms with E-state index in [0.717, 1.165) is 0 Å². The van der Waals surface area contributed by atoms with E-state index in [1.165, 1.54) is 10.6 Å². The van der Waals surface area contributed by atoms with Gasteiger partial charge in [-0.25, -0.2) is 12.7 Å². The van der Waals surface area contributed by atoms with E-state index >= 15 is 0 Å². The van der Waals surface area contributed by atoms with Gasteiger partial charge in [0.15, 0.2) is 0 Å². The zero-order valence-electron chi connectivity index (χ0n) is 12.5. The molecule has 0 spiro atoms. The van der Waals surface area contributed by atoms with Crippen LogP contribution in [0.4, 0.5) is 0 Å². The van der Waals surface area contributed by atoms with Crippen LogP contribution >= 0.6 is 0 Å². The molecule has 0 aromatic heterocycles. The second-order valence-electron chi connectivity index (χ2n) is 5.51. The molecule has 0 saturated heterocycles. The van der Waals surface area contributed by atoms with Crippen molar-refractivity contribution in [2.24, 2.45) is 5.41 Å². The standard InChI is InChI=1S/C12H26N2O4S/c1-12(2,3)11(15)13-7-9-14(19(5,16)17)8-6-10-18-4/h6-10H2,1-5H3,(H,13,15). The number of hydrogen-bond donors (Lipinski definition) is 1. The van der Waals surface area contributed by atoms with Crippen LogP contribution in [0.3, 0.4) is 0 Å². The number of sulfonamides is 1. The second-order valence-corrected chi connectivity index (χ2v) is 7.50. The van der Waals surface area contributed by atoms with Gasteiger partial charge in [-0.05, 0) is 6.42 Å². The third kappa shape index (κ3) is 8.18. The van der Waals surface area contributed by atoms with Crippen molar-refractivity contribution in [3.63, 3.8) is 0 Å². The van der Waals surface area contributed by atoms with Crippen LogP contribution < -0.4 is 5.32 Å². The van der Waals surface area contributed by atoms with E-state index < -0.39 is 15.4 Å². The van der Waals surface area contributed by atoms with Crippen molar-refractivity contribution >= 4 is 15.9 Å². The molecule has 0 aromatic rings. The van der Waals surface area contributed by atoms with E-state index in [-0.39, 0.29) is 12.5 Å². The number of hydrogen-bond acceptors (Lipinski definition) is 4. The number of methoxy groups -OCH3 is 1. The third-order valence-electron chi connectivity index (χ3n) is 2.55. The van der Waals surface area contributed by atoms with Crippen molar-refractivity contribution in [1.29, 1.82) is 0 Å². The Labute approximate surface area is 116 Å². The molecule has 0 aliphatic carbocycles. The molecule has 0 rings (SSSR count). The van der Waals surface area contributed by atoms with Crippen LogP contribution in [-0.4, -0.2) is 58.2 Å². The van der Waals surface area contributed by atoms with Crippen LogP contribution in [0.1, 0.15) is 27.2 Å². The first-order valence-corrected chi connectivity index (χ1v) is 8.16. The SMILES string of the molecule is COCCCN(CCNC(=O)C(C)(C)C)S(C)(=O)=O. The molecule has 19 heavy (non-hydrogen) atoms. The molecule has 0 unspecified atom stereocenters. The Kier molecular flexibility index (Phi) is 7.54. The van der Waals surface area contributed by atoms with Crippen LogP contribution in [0.15, 0.2) is 0 Å². The number of carbonyl (C=O) groups excluding carboxylic acids is 1. The van der Waals surface area contributed by atoms with Crippen molar-refractivity contribution < 1.29 is 17.9 Å². The van der Waals surface area contributed by atoms with Gasteiger partial charge in [-0.1, -0.05) is 20.8 Å². The second kappa shape index (κ2) is 7.81. The molecule has 0 radical (unpaired) electrons. The first-order valence-electron chi connectivity index (χ1n) is 6.31. The van der Waals surface area contributed by atoms with Gasteiger partial charge in [-0.3, -0.25) is 4.79 Å². The Morgan fingerprint density at radius 3 is 2.26 bits per heavy atom. The predicted octanol–water partition coefficient (Wildman–Crippen LogP) is 0.447. The maximum atomic E-state index is 11.7. The zero-order valence-corrected chi connectivity index (χ0v) is 13.3. The van der Waals surface area contributed by atoms with E-state index in [1.807, 2.05) is 20.8 Å². The molecule has 7 heteroatoms. The van der Waals surface area contributed by atoms with Gasteiger partial charge in [0, 0.05) is 38.8 Å². The highest BCUT2D eigenvalue weighted by Crippen LogP contribution is 2.12. The van der Waals surface area contributed by atoms with Gasteiger partial charge in [0.25, 0.3) is 0 Å². The van der Waals surface area contributed by atoms with Crippen molar-refractivity contribution in [3.8, 4) is 0 Å². The minimum atomic E-state index is -3.25. The fourth-order valence-corrected chi connectivity index (χ4v) is 2.27. The first kappa shape index (κ1) is 18.3. The average molecular weight is 294 g/mol. The quantitative estimate of drug-likeness (QED) is 0.659. The first-order chi connectivity index (χ1) is 8.59. The van der Waals surface area contributed by atoms with E-state index in [2.05, 4.69) is 5.32 Å². The minimum Gasteiger partial charge on any atom is -0.385 e. The van der Waals surface area contributed by atoms with Crippen molar-refractivity contribution in [2.45, 2.75) is 27.2 Å². The molecule has 114 valence electrons. The van der Waals surface area contributed by atoms with Crippen LogP contribution in [0.5, 0.6) is 0 Å². The van der Waals surface area contributed by atoms with Gasteiger partial charge in [-0.15, -0.1) is 0 Å². The summed E-state index contributed by atoms with van der Waals surface area (Å²) in [7, 11) is -1.67. The average Bonchev–Trinajstić information content (AvgIpc) is 2.24. The molecule has 0 bridgehead atoms. The van der Waals surface area contributed by atoms with E-state index in [1.54, 1.807) is 7.11 Å². The van der Waals surface area contributed by atoms with E-state index in [4.69, 9.17) is 4.74 Å². The summed E-state index contributed by atoms with van der Waals surface area (Å²) in [5, 5.41) is 2.74. The van der Waals surface area contributed by atoms with Gasteiger partial charge < -0.3 is 10.1 Å². The number of rotatable bonds is 8. The summed E-state index contributed by atoms with van der Waals surface area (Å²) in [5.41, 5.74) is -0.466. The molecule has 0 saturated carbocycles. The number of ether oxygens (including phenoxy) is 1. The van der Waals surface area contributed by atoms with Gasteiger partial charge in [0.05, 0.1) is 6.26 Å². The van der Waals surface area contributed by atoms with Crippen LogP contribution in [0.2, 0.25) is 0 Å². The zero-order chi connectivity index (χ0) is 15.1. The largest absolute Gasteiger partial charge is 0.385 e. The fourth-order valence-electron chi connectivity index (χ4n) is 1.39. The molecule has 0 aromatic carbocycles. The molecule has 0 heterocycles. The molecular weight excluding hydrogens is 268 g/mol. The summed E-state index contributed by atoms with van der Waals surface area (Å²) >= 11 is 0. The van der Waals surface area contributed by atoms with Crippen LogP contribution in [0.25, 0.3) is 0 Å². The number of amides is 1. The molecule has 0 atom stereocenters. The number of nitrogens with one attached hydrogen (secondary N) is 1. The van der Waals surface area contributed by atoms with Crippen molar-refractivity contribution in [2.75, 3.05) is 39.6 Å². The van der Waals surface area contributed by atoms with Gasteiger partial charge in [0.1, 0.15) is 0 Å². The summed E-state index contributed by atoms with van der Waals surface area (Å²) in [6, 6.07) is 0. The topological polar surface area (TPSA) is 75.7 Å². The lowest BCUT2D eigenvalue weighted by molar-refractivity contribution is -0.128. The Morgan fingerprint density at radius 1 is 1.26 bits per heavy atom. The van der Waals surface area contributed by atoms with Gasteiger partial charge in [-0.2, -0.15) is 0 Å². The Bertz CT molecular complexity index is 374. The lowest BCUT2D eigenvalue weighted by Gasteiger charge is -2.22.